The summed E-state index contributed by atoms with van der Waals surface area (Å²) in [5.41, 5.74) is 0.609. The van der Waals surface area contributed by atoms with Gasteiger partial charge in [-0.05, 0) is 24.6 Å². The second-order valence-electron chi connectivity index (χ2n) is 4.96. The van der Waals surface area contributed by atoms with E-state index < -0.39 is 0 Å². The number of aromatic nitrogens is 1. The highest BCUT2D eigenvalue weighted by Crippen LogP contribution is 2.27. The number of nitrogens with one attached hydrogen (secondary N) is 1. The van der Waals surface area contributed by atoms with Gasteiger partial charge >= 0.3 is 0 Å². The second-order valence-corrected chi connectivity index (χ2v) is 5.40. The fourth-order valence-electron chi connectivity index (χ4n) is 2.15. The fourth-order valence-corrected chi connectivity index (χ4v) is 2.33. The van der Waals surface area contributed by atoms with Crippen molar-refractivity contribution in [3.8, 4) is 5.75 Å². The van der Waals surface area contributed by atoms with Gasteiger partial charge in [0.2, 0.25) is 5.91 Å². The van der Waals surface area contributed by atoms with Crippen LogP contribution in [0.2, 0.25) is 5.02 Å². The number of carbonyl (C=O) groups excluding carboxylic acids is 1. The molecule has 0 saturated heterocycles. The molecule has 0 aliphatic carbocycles. The minimum absolute atomic E-state index is 0.0290. The summed E-state index contributed by atoms with van der Waals surface area (Å²) < 4.78 is 7.32. The Labute approximate surface area is 135 Å². The minimum Gasteiger partial charge on any atom is -0.495 e. The smallest absolute Gasteiger partial charge is 0.224 e. The standard InChI is InChI=1S/C17H19ClN2O2/c1-22-16-9-8-14(18)13-15(16)19-17(21)7-3-6-12-20-10-4-2-5-11-20/h2,4-5,8-11,13H,3,6-7,12H2,1H3/p+1. The zero-order valence-electron chi connectivity index (χ0n) is 12.6. The molecule has 1 heterocycles. The van der Waals surface area contributed by atoms with Crippen LogP contribution in [-0.4, -0.2) is 13.0 Å². The van der Waals surface area contributed by atoms with Gasteiger partial charge in [0.25, 0.3) is 0 Å². The van der Waals surface area contributed by atoms with E-state index >= 15 is 0 Å². The van der Waals surface area contributed by atoms with Crippen LogP contribution in [0.15, 0.2) is 48.8 Å². The lowest BCUT2D eigenvalue weighted by Crippen LogP contribution is -2.32. The number of anilines is 1. The van der Waals surface area contributed by atoms with Crippen LogP contribution in [0.25, 0.3) is 0 Å². The molecule has 0 unspecified atom stereocenters. The van der Waals surface area contributed by atoms with Crippen molar-refractivity contribution in [3.63, 3.8) is 0 Å². The van der Waals surface area contributed by atoms with Gasteiger partial charge in [-0.2, -0.15) is 0 Å². The first-order valence-electron chi connectivity index (χ1n) is 7.26. The number of hydrogen-bond acceptors (Lipinski definition) is 2. The molecule has 0 spiro atoms. The zero-order chi connectivity index (χ0) is 15.8. The quantitative estimate of drug-likeness (QED) is 0.627. The van der Waals surface area contributed by atoms with Crippen molar-refractivity contribution >= 4 is 23.2 Å². The number of methoxy groups -OCH3 is 1. The van der Waals surface area contributed by atoms with Crippen LogP contribution in [0.1, 0.15) is 19.3 Å². The first kappa shape index (κ1) is 16.3. The normalized spacial score (nSPS) is 10.3. The zero-order valence-corrected chi connectivity index (χ0v) is 13.3. The van der Waals surface area contributed by atoms with E-state index in [0.29, 0.717) is 22.9 Å². The van der Waals surface area contributed by atoms with Crippen LogP contribution in [0.4, 0.5) is 5.69 Å². The summed E-state index contributed by atoms with van der Waals surface area (Å²) in [6.45, 7) is 0.911. The summed E-state index contributed by atoms with van der Waals surface area (Å²) in [6, 6.07) is 11.1. The molecule has 0 fully saturated rings. The number of pyridine rings is 1. The summed E-state index contributed by atoms with van der Waals surface area (Å²) in [4.78, 5) is 12.0. The van der Waals surface area contributed by atoms with Crippen molar-refractivity contribution < 1.29 is 14.1 Å². The predicted molar refractivity (Wildman–Crippen MR) is 87.1 cm³/mol. The number of unbranched alkanes of at least 4 members (excludes halogenated alkanes) is 1. The Kier molecular flexibility index (Phi) is 6.22. The number of nitrogens with zero attached hydrogens (tertiary/aromatic N) is 1. The van der Waals surface area contributed by atoms with Crippen LogP contribution in [0.3, 0.4) is 0 Å². The monoisotopic (exact) mass is 319 g/mol. The molecule has 116 valence electrons. The highest BCUT2D eigenvalue weighted by atomic mass is 35.5. The molecule has 0 saturated carbocycles. The van der Waals surface area contributed by atoms with Gasteiger partial charge in [-0.25, -0.2) is 4.57 Å². The van der Waals surface area contributed by atoms with Crippen LogP contribution in [0.5, 0.6) is 5.75 Å². The molecule has 0 aliphatic heterocycles. The van der Waals surface area contributed by atoms with E-state index in [1.54, 1.807) is 25.3 Å². The van der Waals surface area contributed by atoms with E-state index in [4.69, 9.17) is 16.3 Å². The molecule has 2 aromatic rings. The third kappa shape index (κ3) is 5.04. The van der Waals surface area contributed by atoms with E-state index in [1.165, 1.54) is 0 Å². The maximum absolute atomic E-state index is 12.0. The van der Waals surface area contributed by atoms with Crippen molar-refractivity contribution in [2.24, 2.45) is 0 Å². The predicted octanol–water partition coefficient (Wildman–Crippen LogP) is 3.45. The average molecular weight is 320 g/mol. The summed E-state index contributed by atoms with van der Waals surface area (Å²) in [7, 11) is 1.57. The number of amides is 1. The first-order chi connectivity index (χ1) is 10.7. The van der Waals surface area contributed by atoms with Gasteiger partial charge in [-0.3, -0.25) is 4.79 Å². The maximum Gasteiger partial charge on any atom is 0.224 e. The van der Waals surface area contributed by atoms with Gasteiger partial charge in [-0.1, -0.05) is 17.7 Å². The number of benzene rings is 1. The van der Waals surface area contributed by atoms with Gasteiger partial charge in [0.05, 0.1) is 12.8 Å². The SMILES string of the molecule is COc1ccc(Cl)cc1NC(=O)CCCC[n+]1ccccc1. The van der Waals surface area contributed by atoms with E-state index in [2.05, 4.69) is 9.88 Å². The van der Waals surface area contributed by atoms with Crippen molar-refractivity contribution in [1.82, 2.24) is 0 Å². The second kappa shape index (κ2) is 8.39. The van der Waals surface area contributed by atoms with E-state index in [9.17, 15) is 4.79 Å². The lowest BCUT2D eigenvalue weighted by molar-refractivity contribution is -0.697. The molecule has 0 atom stereocenters. The summed E-state index contributed by atoms with van der Waals surface area (Å²) >= 11 is 5.94. The number of aryl methyl sites for hydroxylation is 1. The van der Waals surface area contributed by atoms with Gasteiger partial charge < -0.3 is 10.1 Å². The third-order valence-corrected chi connectivity index (χ3v) is 3.52. The molecule has 2 rings (SSSR count). The Morgan fingerprint density at radius 3 is 2.73 bits per heavy atom. The van der Waals surface area contributed by atoms with Crippen LogP contribution in [-0.2, 0) is 11.3 Å². The first-order valence-corrected chi connectivity index (χ1v) is 7.64. The molecule has 0 aliphatic rings. The van der Waals surface area contributed by atoms with Gasteiger partial charge in [0.1, 0.15) is 12.3 Å². The molecular weight excluding hydrogens is 300 g/mol. The molecule has 5 heteroatoms. The van der Waals surface area contributed by atoms with Gasteiger partial charge in [-0.15, -0.1) is 0 Å². The van der Waals surface area contributed by atoms with Crippen molar-refractivity contribution in [3.05, 3.63) is 53.8 Å². The highest BCUT2D eigenvalue weighted by molar-refractivity contribution is 6.31. The molecule has 0 radical (unpaired) electrons. The van der Waals surface area contributed by atoms with E-state index in [0.717, 1.165) is 19.4 Å². The highest BCUT2D eigenvalue weighted by Gasteiger charge is 2.08. The molecular formula is C17H20ClN2O2+. The molecule has 1 amide bonds. The summed E-state index contributed by atoms with van der Waals surface area (Å²) in [5.74, 6) is 0.580. The topological polar surface area (TPSA) is 42.2 Å². The number of halogens is 1. The number of ether oxygens (including phenoxy) is 1. The molecule has 4 nitrogen and oxygen atoms in total. The Morgan fingerprint density at radius 1 is 1.23 bits per heavy atom. The Bertz CT molecular complexity index is 617. The lowest BCUT2D eigenvalue weighted by Gasteiger charge is -2.10. The molecule has 1 aromatic carbocycles. The van der Waals surface area contributed by atoms with Gasteiger partial charge in [0, 0.05) is 30.0 Å². The Hall–Kier alpha value is -2.07. The minimum atomic E-state index is -0.0290. The third-order valence-electron chi connectivity index (χ3n) is 3.28. The molecule has 1 N–H and O–H groups in total. The maximum atomic E-state index is 12.0. The largest absolute Gasteiger partial charge is 0.495 e. The van der Waals surface area contributed by atoms with Crippen molar-refractivity contribution in [2.45, 2.75) is 25.8 Å². The molecule has 22 heavy (non-hydrogen) atoms. The lowest BCUT2D eigenvalue weighted by atomic mass is 10.2. The van der Waals surface area contributed by atoms with E-state index in [-0.39, 0.29) is 5.91 Å². The van der Waals surface area contributed by atoms with Gasteiger partial charge in [0.15, 0.2) is 12.4 Å². The van der Waals surface area contributed by atoms with Crippen molar-refractivity contribution in [2.75, 3.05) is 12.4 Å². The van der Waals surface area contributed by atoms with E-state index in [1.807, 2.05) is 30.6 Å². The summed E-state index contributed by atoms with van der Waals surface area (Å²) in [6.07, 6.45) is 6.31. The molecule has 1 aromatic heterocycles. The van der Waals surface area contributed by atoms with Crippen molar-refractivity contribution in [1.29, 1.82) is 0 Å². The number of rotatable bonds is 7. The Morgan fingerprint density at radius 2 is 2.00 bits per heavy atom. The Balaban J connectivity index is 1.77. The molecule has 0 bridgehead atoms. The average Bonchev–Trinajstić information content (AvgIpc) is 2.53. The van der Waals surface area contributed by atoms with Crippen LogP contribution >= 0.6 is 11.6 Å². The summed E-state index contributed by atoms with van der Waals surface area (Å²) in [5, 5.41) is 3.41. The van der Waals surface area contributed by atoms with Crippen LogP contribution in [0, 0.1) is 0 Å². The fraction of sp³-hybridized carbons (Fsp3) is 0.294. The number of carbonyl (C=O) groups is 1. The number of hydrogen-bond donors (Lipinski definition) is 1. The van der Waals surface area contributed by atoms with Crippen LogP contribution < -0.4 is 14.6 Å².